The molecule has 0 saturated carbocycles. The van der Waals surface area contributed by atoms with Gasteiger partial charge in [-0.15, -0.1) is 0 Å². The van der Waals surface area contributed by atoms with E-state index >= 15 is 0 Å². The van der Waals surface area contributed by atoms with Gasteiger partial charge in [0.25, 0.3) is 5.91 Å². The maximum absolute atomic E-state index is 13.6. The quantitative estimate of drug-likeness (QED) is 0.709. The highest BCUT2D eigenvalue weighted by molar-refractivity contribution is 6.00. The summed E-state index contributed by atoms with van der Waals surface area (Å²) in [7, 11) is 0. The van der Waals surface area contributed by atoms with Crippen LogP contribution in [0.5, 0.6) is 0 Å². The third-order valence-electron chi connectivity index (χ3n) is 4.75. The Labute approximate surface area is 163 Å². The number of fused-ring (bicyclic) bond motifs is 1. The number of rotatable bonds is 6. The Balaban J connectivity index is 1.92. The Morgan fingerprint density at radius 3 is 2.45 bits per heavy atom. The topological polar surface area (TPSA) is 93.2 Å². The zero-order valence-electron chi connectivity index (χ0n) is 15.3. The monoisotopic (exact) mass is 413 g/mol. The maximum Gasteiger partial charge on any atom is 0.318 e. The highest BCUT2D eigenvalue weighted by Crippen LogP contribution is 2.28. The summed E-state index contributed by atoms with van der Waals surface area (Å²) in [5.74, 6) is -1.34. The summed E-state index contributed by atoms with van der Waals surface area (Å²) in [6.07, 6.45) is 0. The summed E-state index contributed by atoms with van der Waals surface area (Å²) in [5, 5.41) is 6.35. The van der Waals surface area contributed by atoms with Crippen LogP contribution in [0.15, 0.2) is 24.3 Å². The number of hydrogen-bond acceptors (Lipinski definition) is 3. The Morgan fingerprint density at radius 1 is 1.17 bits per heavy atom. The van der Waals surface area contributed by atoms with Crippen LogP contribution >= 0.6 is 0 Å². The van der Waals surface area contributed by atoms with Gasteiger partial charge in [-0.3, -0.25) is 9.48 Å². The summed E-state index contributed by atoms with van der Waals surface area (Å²) in [6, 6.07) is 4.57. The molecule has 29 heavy (non-hydrogen) atoms. The van der Waals surface area contributed by atoms with E-state index < -0.39 is 43.3 Å². The van der Waals surface area contributed by atoms with Gasteiger partial charge < -0.3 is 16.0 Å². The molecule has 0 radical (unpaired) electrons. The molecule has 1 aliphatic heterocycles. The number of urea groups is 1. The SMILES string of the molecule is NC(=O)c1c(-c2cccc(F)c2)nn2c1CN(C(=O)NC(CF)(CF)CF)CC2. The summed E-state index contributed by atoms with van der Waals surface area (Å²) >= 11 is 0. The van der Waals surface area contributed by atoms with Crippen molar-refractivity contribution in [2.24, 2.45) is 5.73 Å². The predicted molar refractivity (Wildman–Crippen MR) is 95.7 cm³/mol. The van der Waals surface area contributed by atoms with Gasteiger partial charge in [-0.2, -0.15) is 5.10 Å². The molecule has 0 atom stereocenters. The largest absolute Gasteiger partial charge is 0.365 e. The molecule has 1 aromatic carbocycles. The fourth-order valence-corrected chi connectivity index (χ4v) is 3.10. The molecule has 2 aromatic rings. The normalized spacial score (nSPS) is 13.9. The van der Waals surface area contributed by atoms with Crippen molar-refractivity contribution in [1.29, 1.82) is 0 Å². The lowest BCUT2D eigenvalue weighted by Crippen LogP contribution is -2.58. The van der Waals surface area contributed by atoms with Crippen molar-refractivity contribution < 1.29 is 27.2 Å². The van der Waals surface area contributed by atoms with Crippen LogP contribution < -0.4 is 11.1 Å². The first-order valence-electron chi connectivity index (χ1n) is 8.74. The highest BCUT2D eigenvalue weighted by atomic mass is 19.2. The van der Waals surface area contributed by atoms with Gasteiger partial charge >= 0.3 is 6.03 Å². The zero-order chi connectivity index (χ0) is 21.2. The second-order valence-electron chi connectivity index (χ2n) is 6.80. The highest BCUT2D eigenvalue weighted by Gasteiger charge is 2.36. The number of carbonyl (C=O) groups excluding carboxylic acids is 2. The zero-order valence-corrected chi connectivity index (χ0v) is 15.3. The fourth-order valence-electron chi connectivity index (χ4n) is 3.10. The molecule has 0 fully saturated rings. The van der Waals surface area contributed by atoms with E-state index in [0.29, 0.717) is 11.3 Å². The van der Waals surface area contributed by atoms with Gasteiger partial charge in [0.2, 0.25) is 0 Å². The van der Waals surface area contributed by atoms with Crippen molar-refractivity contribution >= 4 is 11.9 Å². The number of aromatic nitrogens is 2. The second kappa shape index (κ2) is 8.10. The molecular formula is C18H19F4N5O2. The molecule has 2 heterocycles. The van der Waals surface area contributed by atoms with Gasteiger partial charge in [0.05, 0.1) is 24.3 Å². The minimum absolute atomic E-state index is 0.0147. The van der Waals surface area contributed by atoms with Crippen LogP contribution in [0, 0.1) is 5.82 Å². The fraction of sp³-hybridized carbons (Fsp3) is 0.389. The van der Waals surface area contributed by atoms with Crippen LogP contribution in [0.25, 0.3) is 11.3 Å². The van der Waals surface area contributed by atoms with Crippen molar-refractivity contribution in [1.82, 2.24) is 20.0 Å². The minimum atomic E-state index is -2.24. The van der Waals surface area contributed by atoms with Gasteiger partial charge in [0.15, 0.2) is 0 Å². The Hall–Kier alpha value is -3.11. The average molecular weight is 413 g/mol. The van der Waals surface area contributed by atoms with E-state index in [0.717, 1.165) is 0 Å². The molecule has 0 spiro atoms. The molecule has 0 saturated heterocycles. The molecule has 1 aliphatic rings. The number of nitrogens with two attached hydrogens (primary N) is 1. The molecule has 0 aliphatic carbocycles. The molecule has 156 valence electrons. The molecule has 7 nitrogen and oxygen atoms in total. The number of carbonyl (C=O) groups is 2. The Bertz CT molecular complexity index is 921. The van der Waals surface area contributed by atoms with Gasteiger partial charge in [-0.1, -0.05) is 12.1 Å². The molecule has 3 amide bonds. The van der Waals surface area contributed by atoms with Crippen molar-refractivity contribution in [2.75, 3.05) is 26.6 Å². The number of hydrogen-bond donors (Lipinski definition) is 2. The smallest absolute Gasteiger partial charge is 0.318 e. The average Bonchev–Trinajstić information content (AvgIpc) is 3.11. The number of benzene rings is 1. The van der Waals surface area contributed by atoms with E-state index in [1.807, 2.05) is 5.32 Å². The first-order chi connectivity index (χ1) is 13.8. The van der Waals surface area contributed by atoms with E-state index in [1.54, 1.807) is 6.07 Å². The molecular weight excluding hydrogens is 394 g/mol. The van der Waals surface area contributed by atoms with Crippen LogP contribution in [-0.4, -0.2) is 58.7 Å². The Morgan fingerprint density at radius 2 is 1.86 bits per heavy atom. The Kier molecular flexibility index (Phi) is 5.76. The molecule has 0 unspecified atom stereocenters. The van der Waals surface area contributed by atoms with E-state index in [-0.39, 0.29) is 30.9 Å². The van der Waals surface area contributed by atoms with Crippen LogP contribution in [0.4, 0.5) is 22.4 Å². The van der Waals surface area contributed by atoms with Crippen molar-refractivity contribution in [3.63, 3.8) is 0 Å². The lowest BCUT2D eigenvalue weighted by Gasteiger charge is -2.33. The number of alkyl halides is 3. The van der Waals surface area contributed by atoms with E-state index in [2.05, 4.69) is 5.10 Å². The number of amides is 3. The minimum Gasteiger partial charge on any atom is -0.365 e. The summed E-state index contributed by atoms with van der Waals surface area (Å²) in [6.45, 7) is -4.11. The van der Waals surface area contributed by atoms with E-state index in [4.69, 9.17) is 5.73 Å². The molecule has 0 bridgehead atoms. The van der Waals surface area contributed by atoms with Crippen LogP contribution in [0.3, 0.4) is 0 Å². The third kappa shape index (κ3) is 3.89. The third-order valence-corrected chi connectivity index (χ3v) is 4.75. The summed E-state index contributed by atoms with van der Waals surface area (Å²) < 4.78 is 54.2. The molecule has 1 aromatic heterocycles. The first-order valence-corrected chi connectivity index (χ1v) is 8.74. The number of nitrogens with one attached hydrogen (secondary N) is 1. The van der Waals surface area contributed by atoms with E-state index in [1.165, 1.54) is 27.8 Å². The van der Waals surface area contributed by atoms with Gasteiger partial charge in [-0.25, -0.2) is 22.4 Å². The van der Waals surface area contributed by atoms with Crippen molar-refractivity contribution in [3.05, 3.63) is 41.3 Å². The summed E-state index contributed by atoms with van der Waals surface area (Å²) in [4.78, 5) is 25.7. The lowest BCUT2D eigenvalue weighted by atomic mass is 10.0. The maximum atomic E-state index is 13.6. The van der Waals surface area contributed by atoms with Crippen molar-refractivity contribution in [3.8, 4) is 11.3 Å². The van der Waals surface area contributed by atoms with Crippen LogP contribution in [-0.2, 0) is 13.1 Å². The molecule has 3 N–H and O–H groups in total. The number of primary amides is 1. The van der Waals surface area contributed by atoms with Gasteiger partial charge in [0.1, 0.15) is 37.1 Å². The predicted octanol–water partition coefficient (Wildman–Crippen LogP) is 1.96. The lowest BCUT2D eigenvalue weighted by molar-refractivity contribution is 0.0996. The number of halogens is 4. The second-order valence-corrected chi connectivity index (χ2v) is 6.80. The first kappa shape index (κ1) is 20.6. The molecule has 3 rings (SSSR count). The van der Waals surface area contributed by atoms with Gasteiger partial charge in [-0.05, 0) is 12.1 Å². The van der Waals surface area contributed by atoms with Gasteiger partial charge in [0, 0.05) is 12.1 Å². The summed E-state index contributed by atoms with van der Waals surface area (Å²) in [5.41, 5.74) is 4.06. The van der Waals surface area contributed by atoms with E-state index in [9.17, 15) is 27.2 Å². The standard InChI is InChI=1S/C18H19F4N5O2/c19-8-18(9-20,10-21)24-17(29)26-4-5-27-13(7-26)14(16(23)28)15(25-27)11-2-1-3-12(22)6-11/h1-3,6H,4-5,7-10H2,(H2,23,28)(H,24,29). The van der Waals surface area contributed by atoms with Crippen molar-refractivity contribution in [2.45, 2.75) is 18.6 Å². The molecule has 11 heteroatoms. The number of nitrogens with zero attached hydrogens (tertiary/aromatic N) is 3. The van der Waals surface area contributed by atoms with Crippen LogP contribution in [0.2, 0.25) is 0 Å². The van der Waals surface area contributed by atoms with Crippen LogP contribution in [0.1, 0.15) is 16.1 Å².